The minimum absolute atomic E-state index is 0.0266. The molecule has 27 heavy (non-hydrogen) atoms. The Hall–Kier alpha value is -2.81. The highest BCUT2D eigenvalue weighted by atomic mass is 32.2. The molecule has 0 spiro atoms. The third-order valence-corrected chi connectivity index (χ3v) is 5.97. The van der Waals surface area contributed by atoms with Crippen molar-refractivity contribution in [1.29, 1.82) is 0 Å². The Morgan fingerprint density at radius 3 is 2.44 bits per heavy atom. The summed E-state index contributed by atoms with van der Waals surface area (Å²) in [7, 11) is -3.07. The number of carbonyl (C=O) groups is 2. The Morgan fingerprint density at radius 1 is 1.15 bits per heavy atom. The molecule has 0 bridgehead atoms. The molecular formula is C18H20N4O4S. The van der Waals surface area contributed by atoms with Gasteiger partial charge in [-0.1, -0.05) is 0 Å². The van der Waals surface area contributed by atoms with Crippen LogP contribution in [0.1, 0.15) is 39.9 Å². The Bertz CT molecular complexity index is 987. The van der Waals surface area contributed by atoms with E-state index < -0.39 is 21.8 Å². The van der Waals surface area contributed by atoms with E-state index in [4.69, 9.17) is 0 Å². The van der Waals surface area contributed by atoms with Crippen molar-refractivity contribution < 1.29 is 18.0 Å². The van der Waals surface area contributed by atoms with Crippen LogP contribution >= 0.6 is 0 Å². The molecular weight excluding hydrogens is 368 g/mol. The molecule has 2 heterocycles. The van der Waals surface area contributed by atoms with E-state index in [0.29, 0.717) is 23.4 Å². The number of aromatic nitrogens is 2. The number of hydrogen-bond acceptors (Lipinski definition) is 7. The third kappa shape index (κ3) is 4.88. The molecule has 1 saturated heterocycles. The molecule has 0 radical (unpaired) electrons. The number of benzene rings is 1. The van der Waals surface area contributed by atoms with Gasteiger partial charge in [0.05, 0.1) is 11.5 Å². The molecule has 9 heteroatoms. The van der Waals surface area contributed by atoms with Crippen LogP contribution in [0.25, 0.3) is 0 Å². The lowest BCUT2D eigenvalue weighted by molar-refractivity contribution is 0.0935. The zero-order valence-corrected chi connectivity index (χ0v) is 15.8. The maximum atomic E-state index is 12.4. The van der Waals surface area contributed by atoms with Crippen LogP contribution in [0.15, 0.2) is 30.3 Å². The molecule has 1 aromatic heterocycles. The van der Waals surface area contributed by atoms with E-state index in [1.165, 1.54) is 6.92 Å². The molecule has 2 N–H and O–H groups in total. The van der Waals surface area contributed by atoms with E-state index in [-0.39, 0.29) is 28.9 Å². The summed E-state index contributed by atoms with van der Waals surface area (Å²) in [5, 5.41) is 5.72. The summed E-state index contributed by atoms with van der Waals surface area (Å²) in [5.74, 6) is -0.172. The molecule has 1 amide bonds. The van der Waals surface area contributed by atoms with E-state index in [1.54, 1.807) is 37.3 Å². The second kappa shape index (κ2) is 7.43. The van der Waals surface area contributed by atoms with E-state index in [9.17, 15) is 18.0 Å². The van der Waals surface area contributed by atoms with Crippen molar-refractivity contribution in [3.63, 3.8) is 0 Å². The number of carbonyl (C=O) groups excluding carboxylic acids is 2. The Kier molecular flexibility index (Phi) is 5.22. The highest BCUT2D eigenvalue weighted by molar-refractivity contribution is 7.91. The first kappa shape index (κ1) is 19.0. The van der Waals surface area contributed by atoms with Crippen molar-refractivity contribution in [2.45, 2.75) is 26.3 Å². The summed E-state index contributed by atoms with van der Waals surface area (Å²) < 4.78 is 23.1. The predicted molar refractivity (Wildman–Crippen MR) is 101 cm³/mol. The van der Waals surface area contributed by atoms with Crippen LogP contribution < -0.4 is 10.6 Å². The molecule has 1 aliphatic heterocycles. The summed E-state index contributed by atoms with van der Waals surface area (Å²) in [6, 6.07) is 7.98. The molecule has 0 saturated carbocycles. The van der Waals surface area contributed by atoms with Gasteiger partial charge >= 0.3 is 0 Å². The summed E-state index contributed by atoms with van der Waals surface area (Å²) >= 11 is 0. The summed E-state index contributed by atoms with van der Waals surface area (Å²) in [6.45, 7) is 3.23. The molecule has 1 atom stereocenters. The molecule has 1 fully saturated rings. The van der Waals surface area contributed by atoms with Gasteiger partial charge in [-0.3, -0.25) is 9.59 Å². The van der Waals surface area contributed by atoms with Crippen LogP contribution in [0, 0.1) is 6.92 Å². The maximum absolute atomic E-state index is 12.4. The average molecular weight is 388 g/mol. The number of ketones is 1. The average Bonchev–Trinajstić information content (AvgIpc) is 2.93. The van der Waals surface area contributed by atoms with E-state index in [2.05, 4.69) is 20.6 Å². The predicted octanol–water partition coefficient (Wildman–Crippen LogP) is 1.65. The fourth-order valence-electron chi connectivity index (χ4n) is 2.83. The minimum atomic E-state index is -3.07. The van der Waals surface area contributed by atoms with Crippen molar-refractivity contribution >= 4 is 33.2 Å². The first-order chi connectivity index (χ1) is 12.7. The van der Waals surface area contributed by atoms with Crippen LogP contribution in [0.3, 0.4) is 0 Å². The second-order valence-corrected chi connectivity index (χ2v) is 8.78. The van der Waals surface area contributed by atoms with E-state index >= 15 is 0 Å². The van der Waals surface area contributed by atoms with Crippen molar-refractivity contribution in [2.75, 3.05) is 16.8 Å². The quantitative estimate of drug-likeness (QED) is 0.748. The van der Waals surface area contributed by atoms with Gasteiger partial charge in [0.2, 0.25) is 5.95 Å². The summed E-state index contributed by atoms with van der Waals surface area (Å²) in [4.78, 5) is 32.2. The number of nitrogens with one attached hydrogen (secondary N) is 2. The Labute approximate surface area is 157 Å². The normalized spacial score (nSPS) is 18.1. The first-order valence-electron chi connectivity index (χ1n) is 8.47. The van der Waals surface area contributed by atoms with Crippen LogP contribution in [0.4, 0.5) is 11.6 Å². The molecule has 1 aromatic carbocycles. The monoisotopic (exact) mass is 388 g/mol. The SMILES string of the molecule is CC(=O)c1ccc(Nc2nc(C)cc(C(=O)NC3CCS(=O)(=O)C3)n2)cc1. The largest absolute Gasteiger partial charge is 0.347 e. The number of anilines is 2. The van der Waals surface area contributed by atoms with Gasteiger partial charge in [-0.2, -0.15) is 0 Å². The van der Waals surface area contributed by atoms with Gasteiger partial charge in [-0.05, 0) is 50.6 Å². The van der Waals surface area contributed by atoms with Crippen LogP contribution in [0.2, 0.25) is 0 Å². The number of sulfone groups is 1. The van der Waals surface area contributed by atoms with Gasteiger partial charge in [-0.15, -0.1) is 0 Å². The molecule has 1 unspecified atom stereocenters. The van der Waals surface area contributed by atoms with Gasteiger partial charge in [-0.25, -0.2) is 18.4 Å². The lowest BCUT2D eigenvalue weighted by Crippen LogP contribution is -2.36. The lowest BCUT2D eigenvalue weighted by Gasteiger charge is -2.12. The molecule has 1 aliphatic rings. The summed E-state index contributed by atoms with van der Waals surface area (Å²) in [5.41, 5.74) is 2.03. The van der Waals surface area contributed by atoms with Gasteiger partial charge in [0.1, 0.15) is 5.69 Å². The smallest absolute Gasteiger partial charge is 0.270 e. The minimum Gasteiger partial charge on any atom is -0.347 e. The third-order valence-electron chi connectivity index (χ3n) is 4.20. The highest BCUT2D eigenvalue weighted by Gasteiger charge is 2.29. The Balaban J connectivity index is 1.73. The van der Waals surface area contributed by atoms with Crippen molar-refractivity contribution in [3.8, 4) is 0 Å². The summed E-state index contributed by atoms with van der Waals surface area (Å²) in [6.07, 6.45) is 0.408. The van der Waals surface area contributed by atoms with E-state index in [0.717, 1.165) is 0 Å². The number of amides is 1. The zero-order valence-electron chi connectivity index (χ0n) is 15.0. The number of aryl methyl sites for hydroxylation is 1. The topological polar surface area (TPSA) is 118 Å². The fraction of sp³-hybridized carbons (Fsp3) is 0.333. The van der Waals surface area contributed by atoms with Crippen LogP contribution in [-0.4, -0.2) is 47.6 Å². The van der Waals surface area contributed by atoms with Gasteiger partial charge in [0, 0.05) is 23.0 Å². The standard InChI is InChI=1S/C18H20N4O4S/c1-11-9-16(17(24)20-15-7-8-27(25,26)10-15)22-18(19-11)21-14-5-3-13(4-6-14)12(2)23/h3-6,9,15H,7-8,10H2,1-2H3,(H,20,24)(H,19,21,22). The number of nitrogens with zero attached hydrogens (tertiary/aromatic N) is 2. The van der Waals surface area contributed by atoms with Crippen LogP contribution in [0.5, 0.6) is 0 Å². The van der Waals surface area contributed by atoms with Crippen LogP contribution in [-0.2, 0) is 9.84 Å². The van der Waals surface area contributed by atoms with Crippen molar-refractivity contribution in [3.05, 3.63) is 47.3 Å². The maximum Gasteiger partial charge on any atom is 0.270 e. The Morgan fingerprint density at radius 2 is 1.85 bits per heavy atom. The van der Waals surface area contributed by atoms with E-state index in [1.807, 2.05) is 0 Å². The number of hydrogen-bond donors (Lipinski definition) is 2. The fourth-order valence-corrected chi connectivity index (χ4v) is 4.50. The number of rotatable bonds is 5. The first-order valence-corrected chi connectivity index (χ1v) is 10.3. The molecule has 8 nitrogen and oxygen atoms in total. The van der Waals surface area contributed by atoms with Gasteiger partial charge in [0.15, 0.2) is 15.6 Å². The molecule has 2 aromatic rings. The number of Topliss-reactive ketones (excluding diaryl/α,β-unsaturated/α-hetero) is 1. The van der Waals surface area contributed by atoms with Crippen molar-refractivity contribution in [2.24, 2.45) is 0 Å². The molecule has 0 aliphatic carbocycles. The molecule has 3 rings (SSSR count). The zero-order chi connectivity index (χ0) is 19.6. The van der Waals surface area contributed by atoms with Crippen molar-refractivity contribution in [1.82, 2.24) is 15.3 Å². The van der Waals surface area contributed by atoms with Gasteiger partial charge < -0.3 is 10.6 Å². The highest BCUT2D eigenvalue weighted by Crippen LogP contribution is 2.16. The second-order valence-electron chi connectivity index (χ2n) is 6.55. The molecule has 142 valence electrons. The lowest BCUT2D eigenvalue weighted by atomic mass is 10.1. The van der Waals surface area contributed by atoms with Gasteiger partial charge in [0.25, 0.3) is 5.91 Å².